The number of ether oxygens (including phenoxy) is 1. The van der Waals surface area contributed by atoms with Crippen LogP contribution in [0.25, 0.3) is 0 Å². The van der Waals surface area contributed by atoms with Gasteiger partial charge in [-0.25, -0.2) is 0 Å². The Hall–Kier alpha value is -1.56. The molecule has 6 nitrogen and oxygen atoms in total. The number of aromatic nitrogens is 2. The van der Waals surface area contributed by atoms with Gasteiger partial charge >= 0.3 is 0 Å². The Morgan fingerprint density at radius 1 is 1.71 bits per heavy atom. The number of nitrogen functional groups attached to an aromatic ring is 1. The molecule has 1 fully saturated rings. The van der Waals surface area contributed by atoms with Crippen molar-refractivity contribution in [2.75, 3.05) is 25.5 Å². The number of hydrogen-bond acceptors (Lipinski definition) is 4. The van der Waals surface area contributed by atoms with Crippen LogP contribution in [0, 0.1) is 6.92 Å². The van der Waals surface area contributed by atoms with Crippen molar-refractivity contribution in [3.8, 4) is 0 Å². The van der Waals surface area contributed by atoms with Crippen molar-refractivity contribution in [2.24, 2.45) is 0 Å². The van der Waals surface area contributed by atoms with E-state index < -0.39 is 0 Å². The van der Waals surface area contributed by atoms with Crippen LogP contribution in [0.1, 0.15) is 29.5 Å². The lowest BCUT2D eigenvalue weighted by Gasteiger charge is -2.34. The number of carbonyl (C=O) groups is 1. The van der Waals surface area contributed by atoms with Crippen LogP contribution >= 0.6 is 0 Å². The molecule has 0 saturated carbocycles. The molecule has 0 bridgehead atoms. The van der Waals surface area contributed by atoms with Crippen molar-refractivity contribution in [1.82, 2.24) is 15.1 Å². The molecule has 2 heterocycles. The van der Waals surface area contributed by atoms with Crippen LogP contribution in [0.4, 0.5) is 5.69 Å². The molecule has 0 spiro atoms. The van der Waals surface area contributed by atoms with Gasteiger partial charge in [0.25, 0.3) is 5.91 Å². The first-order valence-corrected chi connectivity index (χ1v) is 5.84. The number of amides is 1. The van der Waals surface area contributed by atoms with E-state index in [1.54, 1.807) is 11.8 Å². The predicted octanol–water partition coefficient (Wildman–Crippen LogP) is 0.551. The van der Waals surface area contributed by atoms with Gasteiger partial charge in [-0.2, -0.15) is 5.10 Å². The summed E-state index contributed by atoms with van der Waals surface area (Å²) in [7, 11) is 0. The SMILES string of the molecule is CCC1COCCN1C(=O)c1n[nH]c(C)c1N. The largest absolute Gasteiger partial charge is 0.395 e. The van der Waals surface area contributed by atoms with Crippen molar-refractivity contribution in [3.05, 3.63) is 11.4 Å². The van der Waals surface area contributed by atoms with E-state index in [1.807, 2.05) is 6.92 Å². The van der Waals surface area contributed by atoms with Gasteiger partial charge in [0.05, 0.1) is 30.6 Å². The zero-order valence-electron chi connectivity index (χ0n) is 10.2. The number of aryl methyl sites for hydroxylation is 1. The van der Waals surface area contributed by atoms with Gasteiger partial charge in [0, 0.05) is 6.54 Å². The fourth-order valence-electron chi connectivity index (χ4n) is 2.00. The molecule has 1 aromatic rings. The average molecular weight is 238 g/mol. The molecule has 1 unspecified atom stereocenters. The highest BCUT2D eigenvalue weighted by atomic mass is 16.5. The molecule has 2 rings (SSSR count). The normalized spacial score (nSPS) is 20.6. The molecule has 1 amide bonds. The highest BCUT2D eigenvalue weighted by molar-refractivity contribution is 5.97. The van der Waals surface area contributed by atoms with E-state index in [1.165, 1.54) is 0 Å². The number of nitrogens with zero attached hydrogens (tertiary/aromatic N) is 2. The maximum Gasteiger partial charge on any atom is 0.276 e. The third kappa shape index (κ3) is 2.12. The molecule has 6 heteroatoms. The molecule has 0 radical (unpaired) electrons. The predicted molar refractivity (Wildman–Crippen MR) is 63.7 cm³/mol. The number of nitrogens with one attached hydrogen (secondary N) is 1. The number of carbonyl (C=O) groups excluding carboxylic acids is 1. The molecular weight excluding hydrogens is 220 g/mol. The first-order chi connectivity index (χ1) is 8.15. The minimum Gasteiger partial charge on any atom is -0.395 e. The van der Waals surface area contributed by atoms with E-state index in [0.29, 0.717) is 31.1 Å². The van der Waals surface area contributed by atoms with Gasteiger partial charge in [0.15, 0.2) is 5.69 Å². The summed E-state index contributed by atoms with van der Waals surface area (Å²) in [4.78, 5) is 14.1. The summed E-state index contributed by atoms with van der Waals surface area (Å²) in [5.74, 6) is -0.109. The molecule has 1 aromatic heterocycles. The third-order valence-electron chi connectivity index (χ3n) is 3.16. The highest BCUT2D eigenvalue weighted by Crippen LogP contribution is 2.19. The van der Waals surface area contributed by atoms with E-state index in [-0.39, 0.29) is 11.9 Å². The van der Waals surface area contributed by atoms with Crippen molar-refractivity contribution in [2.45, 2.75) is 26.3 Å². The lowest BCUT2D eigenvalue weighted by molar-refractivity contribution is -0.00305. The Balaban J connectivity index is 2.21. The van der Waals surface area contributed by atoms with Crippen LogP contribution in [0.5, 0.6) is 0 Å². The second-order valence-corrected chi connectivity index (χ2v) is 4.25. The molecule has 1 atom stereocenters. The fourth-order valence-corrected chi connectivity index (χ4v) is 2.00. The van der Waals surface area contributed by atoms with Gasteiger partial charge in [0.1, 0.15) is 0 Å². The Bertz CT molecular complexity index is 416. The molecular formula is C11H18N4O2. The summed E-state index contributed by atoms with van der Waals surface area (Å²) in [5, 5.41) is 6.71. The van der Waals surface area contributed by atoms with Crippen LogP contribution in [-0.4, -0.2) is 46.8 Å². The average Bonchev–Trinajstić information content (AvgIpc) is 2.69. The van der Waals surface area contributed by atoms with Gasteiger partial charge in [-0.15, -0.1) is 0 Å². The summed E-state index contributed by atoms with van der Waals surface area (Å²) in [6.07, 6.45) is 0.870. The van der Waals surface area contributed by atoms with Gasteiger partial charge < -0.3 is 15.4 Å². The van der Waals surface area contributed by atoms with Gasteiger partial charge in [-0.3, -0.25) is 9.89 Å². The van der Waals surface area contributed by atoms with Crippen LogP contribution in [0.2, 0.25) is 0 Å². The number of rotatable bonds is 2. The molecule has 17 heavy (non-hydrogen) atoms. The minimum atomic E-state index is -0.109. The van der Waals surface area contributed by atoms with E-state index >= 15 is 0 Å². The summed E-state index contributed by atoms with van der Waals surface area (Å²) in [6, 6.07) is 0.118. The lowest BCUT2D eigenvalue weighted by atomic mass is 10.1. The van der Waals surface area contributed by atoms with Crippen molar-refractivity contribution >= 4 is 11.6 Å². The van der Waals surface area contributed by atoms with Crippen LogP contribution < -0.4 is 5.73 Å². The molecule has 1 saturated heterocycles. The first-order valence-electron chi connectivity index (χ1n) is 5.84. The number of anilines is 1. The van der Waals surface area contributed by atoms with Crippen LogP contribution in [0.15, 0.2) is 0 Å². The van der Waals surface area contributed by atoms with E-state index in [2.05, 4.69) is 10.2 Å². The molecule has 1 aliphatic rings. The lowest BCUT2D eigenvalue weighted by Crippen LogP contribution is -2.48. The standard InChI is InChI=1S/C11H18N4O2/c1-3-8-6-17-5-4-15(8)11(16)10-9(12)7(2)13-14-10/h8H,3-6,12H2,1-2H3,(H,13,14). The summed E-state index contributed by atoms with van der Waals surface area (Å²) >= 11 is 0. The third-order valence-corrected chi connectivity index (χ3v) is 3.16. The Morgan fingerprint density at radius 3 is 3.06 bits per heavy atom. The quantitative estimate of drug-likeness (QED) is 0.788. The summed E-state index contributed by atoms with van der Waals surface area (Å²) < 4.78 is 5.37. The topological polar surface area (TPSA) is 84.2 Å². The van der Waals surface area contributed by atoms with E-state index in [4.69, 9.17) is 10.5 Å². The van der Waals surface area contributed by atoms with Crippen molar-refractivity contribution in [3.63, 3.8) is 0 Å². The Morgan fingerprint density at radius 2 is 2.47 bits per heavy atom. The zero-order chi connectivity index (χ0) is 12.4. The number of aromatic amines is 1. The van der Waals surface area contributed by atoms with Crippen molar-refractivity contribution in [1.29, 1.82) is 0 Å². The molecule has 0 aromatic carbocycles. The van der Waals surface area contributed by atoms with E-state index in [9.17, 15) is 4.79 Å². The van der Waals surface area contributed by atoms with Gasteiger partial charge in [0.2, 0.25) is 0 Å². The number of hydrogen-bond donors (Lipinski definition) is 2. The molecule has 1 aliphatic heterocycles. The minimum absolute atomic E-state index is 0.109. The number of H-pyrrole nitrogens is 1. The number of morpholine rings is 1. The zero-order valence-corrected chi connectivity index (χ0v) is 10.2. The smallest absolute Gasteiger partial charge is 0.276 e. The Labute approximate surface area is 100 Å². The van der Waals surface area contributed by atoms with Gasteiger partial charge in [-0.05, 0) is 13.3 Å². The first kappa shape index (κ1) is 11.9. The molecule has 3 N–H and O–H groups in total. The molecule has 0 aliphatic carbocycles. The van der Waals surface area contributed by atoms with Crippen LogP contribution in [0.3, 0.4) is 0 Å². The number of nitrogens with two attached hydrogens (primary N) is 1. The van der Waals surface area contributed by atoms with Crippen LogP contribution in [-0.2, 0) is 4.74 Å². The Kier molecular flexibility index (Phi) is 3.33. The second kappa shape index (κ2) is 4.75. The maximum absolute atomic E-state index is 12.3. The van der Waals surface area contributed by atoms with Crippen molar-refractivity contribution < 1.29 is 9.53 Å². The highest BCUT2D eigenvalue weighted by Gasteiger charge is 2.29. The fraction of sp³-hybridized carbons (Fsp3) is 0.636. The second-order valence-electron chi connectivity index (χ2n) is 4.25. The summed E-state index contributed by atoms with van der Waals surface area (Å²) in [6.45, 7) is 5.61. The summed E-state index contributed by atoms with van der Waals surface area (Å²) in [5.41, 5.74) is 7.32. The monoisotopic (exact) mass is 238 g/mol. The van der Waals surface area contributed by atoms with Gasteiger partial charge in [-0.1, -0.05) is 6.92 Å². The molecule has 94 valence electrons. The maximum atomic E-state index is 12.3. The van der Waals surface area contributed by atoms with E-state index in [0.717, 1.165) is 12.1 Å².